The van der Waals surface area contributed by atoms with Gasteiger partial charge in [0.05, 0.1) is 17.2 Å². The maximum atomic E-state index is 12.8. The van der Waals surface area contributed by atoms with Gasteiger partial charge in [0.2, 0.25) is 0 Å². The van der Waals surface area contributed by atoms with Crippen LogP contribution in [0.4, 0.5) is 5.69 Å². The number of para-hydroxylation sites is 1. The van der Waals surface area contributed by atoms with E-state index in [0.29, 0.717) is 17.9 Å². The standard InChI is InChI=1S/C19H25NO3S/c1-5-11-23-18-12-15(4)19(13-14(18)3)24(21,22)20-17-10-8-7-9-16(17)6-2/h7-10,12-13,20H,5-6,11H2,1-4H3. The zero-order chi connectivity index (χ0) is 17.7. The summed E-state index contributed by atoms with van der Waals surface area (Å²) in [6.45, 7) is 8.31. The molecule has 1 N–H and O–H groups in total. The molecule has 0 saturated carbocycles. The highest BCUT2D eigenvalue weighted by Gasteiger charge is 2.20. The van der Waals surface area contributed by atoms with E-state index in [9.17, 15) is 8.42 Å². The monoisotopic (exact) mass is 347 g/mol. The second-order valence-corrected chi connectivity index (χ2v) is 7.50. The van der Waals surface area contributed by atoms with Crippen LogP contribution in [0.15, 0.2) is 41.3 Å². The molecule has 0 aromatic heterocycles. The highest BCUT2D eigenvalue weighted by molar-refractivity contribution is 7.92. The van der Waals surface area contributed by atoms with E-state index in [-0.39, 0.29) is 4.90 Å². The van der Waals surface area contributed by atoms with Crippen molar-refractivity contribution in [2.24, 2.45) is 0 Å². The number of rotatable bonds is 7. The zero-order valence-electron chi connectivity index (χ0n) is 14.7. The number of nitrogens with one attached hydrogen (secondary N) is 1. The Bertz CT molecular complexity index is 813. The van der Waals surface area contributed by atoms with Crippen LogP contribution >= 0.6 is 0 Å². The zero-order valence-corrected chi connectivity index (χ0v) is 15.5. The fourth-order valence-corrected chi connectivity index (χ4v) is 3.96. The lowest BCUT2D eigenvalue weighted by atomic mass is 10.1. The van der Waals surface area contributed by atoms with Crippen LogP contribution in [0.25, 0.3) is 0 Å². The Kier molecular flexibility index (Phi) is 5.89. The van der Waals surface area contributed by atoms with Gasteiger partial charge < -0.3 is 4.74 Å². The van der Waals surface area contributed by atoms with Crippen molar-refractivity contribution < 1.29 is 13.2 Å². The Morgan fingerprint density at radius 2 is 1.75 bits per heavy atom. The third kappa shape index (κ3) is 4.09. The number of benzene rings is 2. The van der Waals surface area contributed by atoms with Gasteiger partial charge in [-0.15, -0.1) is 0 Å². The van der Waals surface area contributed by atoms with Crippen LogP contribution in [-0.2, 0) is 16.4 Å². The van der Waals surface area contributed by atoms with Crippen LogP contribution in [0.3, 0.4) is 0 Å². The fraction of sp³-hybridized carbons (Fsp3) is 0.368. The van der Waals surface area contributed by atoms with Crippen molar-refractivity contribution in [1.29, 1.82) is 0 Å². The molecule has 24 heavy (non-hydrogen) atoms. The van der Waals surface area contributed by atoms with E-state index in [1.807, 2.05) is 39.0 Å². The van der Waals surface area contributed by atoms with Crippen LogP contribution in [0, 0.1) is 13.8 Å². The minimum Gasteiger partial charge on any atom is -0.493 e. The molecule has 0 unspecified atom stereocenters. The van der Waals surface area contributed by atoms with Gasteiger partial charge in [0.25, 0.3) is 10.0 Å². The lowest BCUT2D eigenvalue weighted by Gasteiger charge is -2.16. The first-order valence-electron chi connectivity index (χ1n) is 8.23. The molecule has 0 aliphatic heterocycles. The molecule has 2 rings (SSSR count). The molecule has 0 atom stereocenters. The smallest absolute Gasteiger partial charge is 0.262 e. The number of aryl methyl sites for hydroxylation is 3. The van der Waals surface area contributed by atoms with E-state index < -0.39 is 10.0 Å². The van der Waals surface area contributed by atoms with Crippen molar-refractivity contribution in [3.05, 3.63) is 53.1 Å². The maximum Gasteiger partial charge on any atom is 0.262 e. The molecule has 0 aliphatic carbocycles. The lowest BCUT2D eigenvalue weighted by molar-refractivity contribution is 0.315. The number of ether oxygens (including phenoxy) is 1. The van der Waals surface area contributed by atoms with E-state index >= 15 is 0 Å². The molecule has 2 aromatic carbocycles. The van der Waals surface area contributed by atoms with E-state index in [1.54, 1.807) is 25.1 Å². The van der Waals surface area contributed by atoms with E-state index in [2.05, 4.69) is 4.72 Å². The predicted octanol–water partition coefficient (Wildman–Crippen LogP) is 4.46. The van der Waals surface area contributed by atoms with Gasteiger partial charge in [0.15, 0.2) is 0 Å². The average Bonchev–Trinajstić information content (AvgIpc) is 2.55. The van der Waals surface area contributed by atoms with Gasteiger partial charge in [-0.3, -0.25) is 4.72 Å². The van der Waals surface area contributed by atoms with Gasteiger partial charge in [0, 0.05) is 0 Å². The molecular weight excluding hydrogens is 322 g/mol. The summed E-state index contributed by atoms with van der Waals surface area (Å²) < 4.78 is 34.0. The molecule has 0 spiro atoms. The first-order chi connectivity index (χ1) is 11.4. The number of hydrogen-bond acceptors (Lipinski definition) is 3. The highest BCUT2D eigenvalue weighted by Crippen LogP contribution is 2.28. The summed E-state index contributed by atoms with van der Waals surface area (Å²) in [5, 5.41) is 0. The quantitative estimate of drug-likeness (QED) is 0.805. The molecule has 0 fully saturated rings. The predicted molar refractivity (Wildman–Crippen MR) is 98.3 cm³/mol. The molecule has 2 aromatic rings. The topological polar surface area (TPSA) is 55.4 Å². The second-order valence-electron chi connectivity index (χ2n) is 5.85. The Hall–Kier alpha value is -2.01. The molecule has 0 heterocycles. The van der Waals surface area contributed by atoms with Crippen molar-refractivity contribution in [3.8, 4) is 5.75 Å². The van der Waals surface area contributed by atoms with E-state index in [4.69, 9.17) is 4.74 Å². The molecule has 130 valence electrons. The third-order valence-corrected chi connectivity index (χ3v) is 5.37. The van der Waals surface area contributed by atoms with Gasteiger partial charge in [-0.25, -0.2) is 8.42 Å². The van der Waals surface area contributed by atoms with Crippen molar-refractivity contribution in [3.63, 3.8) is 0 Å². The average molecular weight is 347 g/mol. The minimum atomic E-state index is -3.64. The molecular formula is C19H25NO3S. The Morgan fingerprint density at radius 3 is 2.42 bits per heavy atom. The van der Waals surface area contributed by atoms with Gasteiger partial charge in [-0.1, -0.05) is 32.0 Å². The van der Waals surface area contributed by atoms with Crippen LogP contribution in [0.1, 0.15) is 37.0 Å². The third-order valence-electron chi connectivity index (χ3n) is 3.87. The van der Waals surface area contributed by atoms with Crippen LogP contribution in [0.5, 0.6) is 5.75 Å². The maximum absolute atomic E-state index is 12.8. The second kappa shape index (κ2) is 7.71. The molecule has 4 nitrogen and oxygen atoms in total. The van der Waals surface area contributed by atoms with E-state index in [1.165, 1.54) is 0 Å². The van der Waals surface area contributed by atoms with Crippen LogP contribution in [-0.4, -0.2) is 15.0 Å². The summed E-state index contributed by atoms with van der Waals surface area (Å²) in [4.78, 5) is 0.287. The summed E-state index contributed by atoms with van der Waals surface area (Å²) in [5.74, 6) is 0.738. The van der Waals surface area contributed by atoms with Crippen molar-refractivity contribution in [2.45, 2.75) is 45.4 Å². The lowest BCUT2D eigenvalue weighted by Crippen LogP contribution is -2.16. The molecule has 0 saturated heterocycles. The summed E-state index contributed by atoms with van der Waals surface area (Å²) in [7, 11) is -3.64. The largest absolute Gasteiger partial charge is 0.493 e. The van der Waals surface area contributed by atoms with Crippen molar-refractivity contribution >= 4 is 15.7 Å². The Labute approximate surface area is 144 Å². The van der Waals surface area contributed by atoms with E-state index in [0.717, 1.165) is 29.7 Å². The summed E-state index contributed by atoms with van der Waals surface area (Å²) in [5.41, 5.74) is 3.09. The highest BCUT2D eigenvalue weighted by atomic mass is 32.2. The van der Waals surface area contributed by atoms with Crippen LogP contribution in [0.2, 0.25) is 0 Å². The summed E-state index contributed by atoms with van der Waals surface area (Å²) in [6.07, 6.45) is 1.67. The Morgan fingerprint density at radius 1 is 1.04 bits per heavy atom. The number of anilines is 1. The first kappa shape index (κ1) is 18.3. The SMILES string of the molecule is CCCOc1cc(C)c(S(=O)(=O)Nc2ccccc2CC)cc1C. The summed E-state index contributed by atoms with van der Waals surface area (Å²) >= 11 is 0. The minimum absolute atomic E-state index is 0.287. The van der Waals surface area contributed by atoms with Crippen molar-refractivity contribution in [2.75, 3.05) is 11.3 Å². The Balaban J connectivity index is 2.37. The van der Waals surface area contributed by atoms with Crippen molar-refractivity contribution in [1.82, 2.24) is 0 Å². The van der Waals surface area contributed by atoms with Gasteiger partial charge in [-0.05, 0) is 61.6 Å². The first-order valence-corrected chi connectivity index (χ1v) is 9.72. The van der Waals surface area contributed by atoms with Crippen LogP contribution < -0.4 is 9.46 Å². The molecule has 0 aliphatic rings. The number of hydrogen-bond donors (Lipinski definition) is 1. The normalized spacial score (nSPS) is 11.3. The number of sulfonamides is 1. The van der Waals surface area contributed by atoms with Gasteiger partial charge in [-0.2, -0.15) is 0 Å². The molecule has 0 amide bonds. The molecule has 0 bridgehead atoms. The fourth-order valence-electron chi connectivity index (χ4n) is 2.55. The molecule has 5 heteroatoms. The molecule has 0 radical (unpaired) electrons. The van der Waals surface area contributed by atoms with Gasteiger partial charge >= 0.3 is 0 Å². The van der Waals surface area contributed by atoms with Gasteiger partial charge in [0.1, 0.15) is 5.75 Å². The summed E-state index contributed by atoms with van der Waals surface area (Å²) in [6, 6.07) is 10.9.